The van der Waals surface area contributed by atoms with Crippen molar-refractivity contribution < 1.29 is 18.3 Å². The molecular formula is C12H17ClF2N2O2. The van der Waals surface area contributed by atoms with Gasteiger partial charge in [-0.15, -0.1) is 12.4 Å². The fraction of sp³-hybridized carbons (Fsp3) is 0.417. The lowest BCUT2D eigenvalue weighted by atomic mass is 10.2. The summed E-state index contributed by atoms with van der Waals surface area (Å²) < 4.78 is 28.0. The van der Waals surface area contributed by atoms with E-state index in [2.05, 4.69) is 15.4 Å². The van der Waals surface area contributed by atoms with Crippen LogP contribution in [0, 0.1) is 0 Å². The third-order valence-electron chi connectivity index (χ3n) is 2.40. The molecule has 1 aromatic carbocycles. The van der Waals surface area contributed by atoms with Gasteiger partial charge in [-0.3, -0.25) is 4.79 Å². The number of rotatable bonds is 6. The molecular weight excluding hydrogens is 278 g/mol. The van der Waals surface area contributed by atoms with Crippen molar-refractivity contribution in [3.05, 3.63) is 29.8 Å². The van der Waals surface area contributed by atoms with Crippen LogP contribution in [0.1, 0.15) is 17.3 Å². The minimum absolute atomic E-state index is 0. The van der Waals surface area contributed by atoms with E-state index in [0.29, 0.717) is 12.1 Å². The molecule has 0 radical (unpaired) electrons. The van der Waals surface area contributed by atoms with Crippen LogP contribution in [0.25, 0.3) is 0 Å². The van der Waals surface area contributed by atoms with E-state index in [9.17, 15) is 13.6 Å². The molecule has 0 aliphatic rings. The molecule has 0 spiro atoms. The van der Waals surface area contributed by atoms with Crippen molar-refractivity contribution >= 4 is 18.3 Å². The van der Waals surface area contributed by atoms with Crippen LogP contribution in [0.5, 0.6) is 5.75 Å². The lowest BCUT2D eigenvalue weighted by Crippen LogP contribution is -2.37. The normalized spacial score (nSPS) is 11.6. The Morgan fingerprint density at radius 2 is 1.89 bits per heavy atom. The van der Waals surface area contributed by atoms with E-state index in [1.165, 1.54) is 24.3 Å². The summed E-state index contributed by atoms with van der Waals surface area (Å²) in [6.45, 7) is -0.439. The summed E-state index contributed by atoms with van der Waals surface area (Å²) in [6, 6.07) is 5.72. The van der Waals surface area contributed by atoms with Crippen LogP contribution in [-0.2, 0) is 0 Å². The van der Waals surface area contributed by atoms with Crippen LogP contribution in [0.15, 0.2) is 24.3 Å². The molecule has 4 nitrogen and oxygen atoms in total. The zero-order chi connectivity index (χ0) is 13.5. The van der Waals surface area contributed by atoms with Crippen molar-refractivity contribution in [1.82, 2.24) is 10.6 Å². The number of alkyl halides is 2. The van der Waals surface area contributed by atoms with Crippen LogP contribution < -0.4 is 15.4 Å². The van der Waals surface area contributed by atoms with Gasteiger partial charge in [0.05, 0.1) is 0 Å². The van der Waals surface area contributed by atoms with Gasteiger partial charge in [0.25, 0.3) is 5.91 Å². The number of likely N-dealkylation sites (N-methyl/N-ethyl adjacent to an activating group) is 1. The van der Waals surface area contributed by atoms with Crippen molar-refractivity contribution in [2.75, 3.05) is 13.6 Å². The standard InChI is InChI=1S/C12H16F2N2O2.ClH/c1-8(15-2)7-16-11(17)9-3-5-10(6-4-9)18-12(13)14;/h3-6,8,12,15H,7H2,1-2H3,(H,16,17);1H. The number of hydrogen-bond acceptors (Lipinski definition) is 3. The van der Waals surface area contributed by atoms with Crippen LogP contribution in [0.4, 0.5) is 8.78 Å². The second kappa shape index (κ2) is 8.66. The predicted molar refractivity (Wildman–Crippen MR) is 71.2 cm³/mol. The summed E-state index contributed by atoms with van der Waals surface area (Å²) in [5.41, 5.74) is 0.403. The fourth-order valence-corrected chi connectivity index (χ4v) is 1.24. The molecule has 1 unspecified atom stereocenters. The summed E-state index contributed by atoms with van der Waals surface area (Å²) in [5.74, 6) is -0.217. The zero-order valence-electron chi connectivity index (χ0n) is 10.7. The highest BCUT2D eigenvalue weighted by molar-refractivity contribution is 5.94. The van der Waals surface area contributed by atoms with Crippen LogP contribution >= 0.6 is 12.4 Å². The van der Waals surface area contributed by atoms with Gasteiger partial charge >= 0.3 is 6.61 Å². The molecule has 0 saturated carbocycles. The van der Waals surface area contributed by atoms with Crippen molar-refractivity contribution in [2.45, 2.75) is 19.6 Å². The minimum atomic E-state index is -2.86. The lowest BCUT2D eigenvalue weighted by molar-refractivity contribution is -0.0498. The molecule has 1 amide bonds. The Hall–Kier alpha value is -1.40. The summed E-state index contributed by atoms with van der Waals surface area (Å²) in [6.07, 6.45) is 0. The van der Waals surface area contributed by atoms with E-state index >= 15 is 0 Å². The number of benzene rings is 1. The number of carbonyl (C=O) groups is 1. The molecule has 0 bridgehead atoms. The molecule has 0 aliphatic heterocycles. The monoisotopic (exact) mass is 294 g/mol. The van der Waals surface area contributed by atoms with Gasteiger partial charge in [0, 0.05) is 18.2 Å². The molecule has 1 atom stereocenters. The van der Waals surface area contributed by atoms with E-state index in [1.54, 1.807) is 7.05 Å². The molecule has 7 heteroatoms. The van der Waals surface area contributed by atoms with Gasteiger partial charge in [-0.05, 0) is 38.2 Å². The highest BCUT2D eigenvalue weighted by Crippen LogP contribution is 2.14. The van der Waals surface area contributed by atoms with Crippen molar-refractivity contribution in [1.29, 1.82) is 0 Å². The smallest absolute Gasteiger partial charge is 0.387 e. The number of hydrogen-bond donors (Lipinski definition) is 2. The Labute approximate surface area is 116 Å². The Kier molecular flexibility index (Phi) is 8.02. The fourth-order valence-electron chi connectivity index (χ4n) is 1.24. The van der Waals surface area contributed by atoms with Crippen LogP contribution in [0.3, 0.4) is 0 Å². The Bertz CT molecular complexity index is 388. The van der Waals surface area contributed by atoms with Crippen LogP contribution in [0.2, 0.25) is 0 Å². The molecule has 0 aromatic heterocycles. The predicted octanol–water partition coefficient (Wildman–Crippen LogP) is 2.05. The van der Waals surface area contributed by atoms with Gasteiger partial charge in [0.2, 0.25) is 0 Å². The highest BCUT2D eigenvalue weighted by Gasteiger charge is 2.08. The zero-order valence-corrected chi connectivity index (χ0v) is 11.5. The van der Waals surface area contributed by atoms with Gasteiger partial charge in [0.1, 0.15) is 5.75 Å². The summed E-state index contributed by atoms with van der Waals surface area (Å²) in [7, 11) is 1.80. The number of amides is 1. The van der Waals surface area contributed by atoms with E-state index in [0.717, 1.165) is 0 Å². The van der Waals surface area contributed by atoms with Crippen molar-refractivity contribution in [2.24, 2.45) is 0 Å². The second-order valence-corrected chi connectivity index (χ2v) is 3.80. The third kappa shape index (κ3) is 6.35. The van der Waals surface area contributed by atoms with E-state index in [1.807, 2.05) is 6.92 Å². The van der Waals surface area contributed by atoms with Crippen LogP contribution in [-0.4, -0.2) is 32.2 Å². The largest absolute Gasteiger partial charge is 0.435 e. The highest BCUT2D eigenvalue weighted by atomic mass is 35.5. The van der Waals surface area contributed by atoms with Crippen molar-refractivity contribution in [3.8, 4) is 5.75 Å². The first-order valence-electron chi connectivity index (χ1n) is 5.53. The average molecular weight is 295 g/mol. The van der Waals surface area contributed by atoms with Gasteiger partial charge in [-0.2, -0.15) is 8.78 Å². The Morgan fingerprint density at radius 3 is 2.37 bits per heavy atom. The number of ether oxygens (including phenoxy) is 1. The first-order valence-corrected chi connectivity index (χ1v) is 5.53. The van der Waals surface area contributed by atoms with Crippen molar-refractivity contribution in [3.63, 3.8) is 0 Å². The number of halogens is 3. The maximum absolute atomic E-state index is 11.9. The Balaban J connectivity index is 0.00000324. The minimum Gasteiger partial charge on any atom is -0.435 e. The number of nitrogens with one attached hydrogen (secondary N) is 2. The summed E-state index contributed by atoms with van der Waals surface area (Å²) in [5, 5.41) is 5.70. The maximum atomic E-state index is 11.9. The SMILES string of the molecule is CNC(C)CNC(=O)c1ccc(OC(F)F)cc1.Cl. The maximum Gasteiger partial charge on any atom is 0.387 e. The molecule has 1 rings (SSSR count). The van der Waals surface area contributed by atoms with Gasteiger partial charge in [-0.25, -0.2) is 0 Å². The van der Waals surface area contributed by atoms with Gasteiger partial charge in [-0.1, -0.05) is 0 Å². The average Bonchev–Trinajstić information content (AvgIpc) is 2.35. The second-order valence-electron chi connectivity index (χ2n) is 3.80. The molecule has 2 N–H and O–H groups in total. The molecule has 0 aliphatic carbocycles. The van der Waals surface area contributed by atoms with E-state index in [-0.39, 0.29) is 30.1 Å². The Morgan fingerprint density at radius 1 is 1.32 bits per heavy atom. The number of carbonyl (C=O) groups excluding carboxylic acids is 1. The first kappa shape index (κ1) is 17.6. The van der Waals surface area contributed by atoms with Gasteiger partial charge in [0.15, 0.2) is 0 Å². The molecule has 0 saturated heterocycles. The van der Waals surface area contributed by atoms with E-state index < -0.39 is 6.61 Å². The first-order chi connectivity index (χ1) is 8.52. The molecule has 0 heterocycles. The third-order valence-corrected chi connectivity index (χ3v) is 2.40. The van der Waals surface area contributed by atoms with E-state index in [4.69, 9.17) is 0 Å². The lowest BCUT2D eigenvalue weighted by Gasteiger charge is -2.11. The summed E-state index contributed by atoms with van der Waals surface area (Å²) >= 11 is 0. The molecule has 108 valence electrons. The molecule has 0 fully saturated rings. The quantitative estimate of drug-likeness (QED) is 0.844. The topological polar surface area (TPSA) is 50.4 Å². The van der Waals surface area contributed by atoms with Gasteiger partial charge < -0.3 is 15.4 Å². The molecule has 1 aromatic rings. The summed E-state index contributed by atoms with van der Waals surface area (Å²) in [4.78, 5) is 11.7. The molecule has 19 heavy (non-hydrogen) atoms.